The third-order valence-corrected chi connectivity index (χ3v) is 1.66. The fourth-order valence-corrected chi connectivity index (χ4v) is 1.12. The standard InChI is InChI=1S/C10H15NO3/c1-4-5-11-8(12)6-10(2,3)7-9(13)14/h1H,5-7H2,2-3H3,(H,11,12)(H,13,14). The molecule has 0 bridgehead atoms. The molecule has 0 saturated heterocycles. The fourth-order valence-electron chi connectivity index (χ4n) is 1.12. The third-order valence-electron chi connectivity index (χ3n) is 1.66. The second kappa shape index (κ2) is 5.28. The summed E-state index contributed by atoms with van der Waals surface area (Å²) in [5.41, 5.74) is -0.537. The van der Waals surface area contributed by atoms with E-state index in [1.165, 1.54) is 0 Å². The number of carboxylic acids is 1. The van der Waals surface area contributed by atoms with Crippen molar-refractivity contribution in [1.82, 2.24) is 5.32 Å². The first-order valence-corrected chi connectivity index (χ1v) is 4.29. The van der Waals surface area contributed by atoms with Gasteiger partial charge in [0.25, 0.3) is 0 Å². The Balaban J connectivity index is 4.02. The monoisotopic (exact) mass is 197 g/mol. The van der Waals surface area contributed by atoms with E-state index in [0.29, 0.717) is 0 Å². The van der Waals surface area contributed by atoms with Gasteiger partial charge in [0.2, 0.25) is 5.91 Å². The van der Waals surface area contributed by atoms with Gasteiger partial charge in [-0.15, -0.1) is 6.42 Å². The van der Waals surface area contributed by atoms with Gasteiger partial charge in [0, 0.05) is 6.42 Å². The molecule has 0 radical (unpaired) electrons. The van der Waals surface area contributed by atoms with Crippen molar-refractivity contribution in [2.24, 2.45) is 5.41 Å². The first-order chi connectivity index (χ1) is 6.37. The lowest BCUT2D eigenvalue weighted by Crippen LogP contribution is -2.30. The Hall–Kier alpha value is -1.50. The van der Waals surface area contributed by atoms with Crippen molar-refractivity contribution >= 4 is 11.9 Å². The van der Waals surface area contributed by atoms with E-state index in [9.17, 15) is 9.59 Å². The number of amides is 1. The molecule has 14 heavy (non-hydrogen) atoms. The van der Waals surface area contributed by atoms with Crippen LogP contribution in [0.4, 0.5) is 0 Å². The first kappa shape index (κ1) is 12.5. The zero-order valence-electron chi connectivity index (χ0n) is 8.46. The number of nitrogens with one attached hydrogen (secondary N) is 1. The maximum Gasteiger partial charge on any atom is 0.303 e. The van der Waals surface area contributed by atoms with E-state index in [0.717, 1.165) is 0 Å². The van der Waals surface area contributed by atoms with Crippen LogP contribution >= 0.6 is 0 Å². The second-order valence-corrected chi connectivity index (χ2v) is 3.89. The van der Waals surface area contributed by atoms with Gasteiger partial charge in [-0.25, -0.2) is 0 Å². The van der Waals surface area contributed by atoms with Gasteiger partial charge in [-0.1, -0.05) is 19.8 Å². The summed E-state index contributed by atoms with van der Waals surface area (Å²) in [6.07, 6.45) is 5.10. The number of hydrogen-bond acceptors (Lipinski definition) is 2. The normalized spacial score (nSPS) is 10.4. The van der Waals surface area contributed by atoms with Crippen LogP contribution < -0.4 is 5.32 Å². The molecule has 0 saturated carbocycles. The maximum absolute atomic E-state index is 11.2. The first-order valence-electron chi connectivity index (χ1n) is 4.29. The molecule has 0 aliphatic carbocycles. The number of carbonyl (C=O) groups excluding carboxylic acids is 1. The molecule has 2 N–H and O–H groups in total. The molecule has 78 valence electrons. The van der Waals surface area contributed by atoms with Gasteiger partial charge in [0.15, 0.2) is 0 Å². The van der Waals surface area contributed by atoms with Gasteiger partial charge >= 0.3 is 5.97 Å². The van der Waals surface area contributed by atoms with Gasteiger partial charge in [-0.2, -0.15) is 0 Å². The number of rotatable bonds is 5. The molecule has 0 atom stereocenters. The lowest BCUT2D eigenvalue weighted by atomic mass is 9.85. The zero-order chi connectivity index (χ0) is 11.2. The summed E-state index contributed by atoms with van der Waals surface area (Å²) < 4.78 is 0. The third kappa shape index (κ3) is 6.06. The molecule has 0 aromatic carbocycles. The Morgan fingerprint density at radius 3 is 2.43 bits per heavy atom. The highest BCUT2D eigenvalue weighted by Gasteiger charge is 2.24. The maximum atomic E-state index is 11.2. The SMILES string of the molecule is C#CCNC(=O)CC(C)(C)CC(=O)O. The van der Waals surface area contributed by atoms with E-state index in [-0.39, 0.29) is 25.3 Å². The van der Waals surface area contributed by atoms with E-state index in [2.05, 4.69) is 11.2 Å². The molecule has 0 unspecified atom stereocenters. The zero-order valence-corrected chi connectivity index (χ0v) is 8.46. The molecule has 4 nitrogen and oxygen atoms in total. The second-order valence-electron chi connectivity index (χ2n) is 3.89. The Morgan fingerprint density at radius 1 is 1.43 bits per heavy atom. The summed E-state index contributed by atoms with van der Waals surface area (Å²) in [5.74, 6) is 1.16. The van der Waals surface area contributed by atoms with Crippen molar-refractivity contribution in [3.8, 4) is 12.3 Å². The molecular weight excluding hydrogens is 182 g/mol. The van der Waals surface area contributed by atoms with Gasteiger partial charge in [0.1, 0.15) is 0 Å². The molecular formula is C10H15NO3. The van der Waals surface area contributed by atoms with E-state index < -0.39 is 11.4 Å². The quantitative estimate of drug-likeness (QED) is 0.635. The van der Waals surface area contributed by atoms with E-state index >= 15 is 0 Å². The highest BCUT2D eigenvalue weighted by molar-refractivity contribution is 5.78. The van der Waals surface area contributed by atoms with Crippen LogP contribution in [0.5, 0.6) is 0 Å². The Labute approximate surface area is 83.7 Å². The van der Waals surface area contributed by atoms with Gasteiger partial charge in [-0.05, 0) is 5.41 Å². The summed E-state index contributed by atoms with van der Waals surface area (Å²) in [5, 5.41) is 11.1. The largest absolute Gasteiger partial charge is 0.481 e. The fraction of sp³-hybridized carbons (Fsp3) is 0.600. The van der Waals surface area contributed by atoms with E-state index in [4.69, 9.17) is 11.5 Å². The van der Waals surface area contributed by atoms with Crippen molar-refractivity contribution in [2.45, 2.75) is 26.7 Å². The minimum absolute atomic E-state index is 0.0313. The highest BCUT2D eigenvalue weighted by atomic mass is 16.4. The number of carboxylic acid groups (broad SMARTS) is 1. The van der Waals surface area contributed by atoms with Crippen molar-refractivity contribution < 1.29 is 14.7 Å². The molecule has 0 aliphatic rings. The topological polar surface area (TPSA) is 66.4 Å². The summed E-state index contributed by atoms with van der Waals surface area (Å²) in [4.78, 5) is 21.6. The average molecular weight is 197 g/mol. The minimum atomic E-state index is -0.903. The smallest absolute Gasteiger partial charge is 0.303 e. The van der Waals surface area contributed by atoms with Gasteiger partial charge < -0.3 is 10.4 Å². The Kier molecular flexibility index (Phi) is 4.71. The van der Waals surface area contributed by atoms with Gasteiger partial charge in [0.05, 0.1) is 13.0 Å². The predicted molar refractivity (Wildman–Crippen MR) is 52.5 cm³/mol. The van der Waals surface area contributed by atoms with E-state index in [1.807, 2.05) is 0 Å². The van der Waals surface area contributed by atoms with Gasteiger partial charge in [-0.3, -0.25) is 9.59 Å². The van der Waals surface area contributed by atoms with Crippen molar-refractivity contribution in [3.05, 3.63) is 0 Å². The molecule has 0 fully saturated rings. The number of hydrogen-bond donors (Lipinski definition) is 2. The number of carbonyl (C=O) groups is 2. The van der Waals surface area contributed by atoms with Crippen LogP contribution in [-0.4, -0.2) is 23.5 Å². The predicted octanol–water partition coefficient (Wildman–Crippen LogP) is 0.627. The Bertz CT molecular complexity index is 263. The van der Waals surface area contributed by atoms with Crippen molar-refractivity contribution in [2.75, 3.05) is 6.54 Å². The molecule has 0 rings (SSSR count). The summed E-state index contributed by atoms with van der Waals surface area (Å²) in [7, 11) is 0. The molecule has 0 aromatic rings. The van der Waals surface area contributed by atoms with Crippen LogP contribution in [0.1, 0.15) is 26.7 Å². The molecule has 0 heterocycles. The number of terminal acetylenes is 1. The van der Waals surface area contributed by atoms with Crippen LogP contribution in [0.3, 0.4) is 0 Å². The van der Waals surface area contributed by atoms with Crippen LogP contribution in [-0.2, 0) is 9.59 Å². The molecule has 0 aromatic heterocycles. The van der Waals surface area contributed by atoms with Crippen molar-refractivity contribution in [3.63, 3.8) is 0 Å². The minimum Gasteiger partial charge on any atom is -0.481 e. The Morgan fingerprint density at radius 2 is 2.00 bits per heavy atom. The van der Waals surface area contributed by atoms with Crippen LogP contribution in [0.15, 0.2) is 0 Å². The lowest BCUT2D eigenvalue weighted by molar-refractivity contribution is -0.139. The summed E-state index contributed by atoms with van der Waals surface area (Å²) >= 11 is 0. The van der Waals surface area contributed by atoms with E-state index in [1.54, 1.807) is 13.8 Å². The van der Waals surface area contributed by atoms with Crippen LogP contribution in [0.2, 0.25) is 0 Å². The summed E-state index contributed by atoms with van der Waals surface area (Å²) in [6, 6.07) is 0. The average Bonchev–Trinajstić information content (AvgIpc) is 1.96. The molecule has 4 heteroatoms. The molecule has 1 amide bonds. The highest BCUT2D eigenvalue weighted by Crippen LogP contribution is 2.24. The number of aliphatic carboxylic acids is 1. The van der Waals surface area contributed by atoms with Crippen LogP contribution in [0, 0.1) is 17.8 Å². The van der Waals surface area contributed by atoms with Crippen molar-refractivity contribution in [1.29, 1.82) is 0 Å². The lowest BCUT2D eigenvalue weighted by Gasteiger charge is -2.20. The summed E-state index contributed by atoms with van der Waals surface area (Å²) in [6.45, 7) is 3.65. The van der Waals surface area contributed by atoms with Crippen LogP contribution in [0.25, 0.3) is 0 Å². The molecule has 0 aliphatic heterocycles. The molecule has 0 spiro atoms.